The van der Waals surface area contributed by atoms with Crippen LogP contribution in [0.25, 0.3) is 17.3 Å². The number of carbonyl (C=O) groups is 1. The molecule has 0 spiro atoms. The zero-order valence-corrected chi connectivity index (χ0v) is 21.2. The van der Waals surface area contributed by atoms with E-state index in [1.165, 1.54) is 9.87 Å². The van der Waals surface area contributed by atoms with Crippen LogP contribution in [0.4, 0.5) is 5.69 Å². The molecule has 2 aromatic carbocycles. The first-order valence-electron chi connectivity index (χ1n) is 11.7. The van der Waals surface area contributed by atoms with Crippen molar-refractivity contribution < 1.29 is 17.9 Å². The highest BCUT2D eigenvalue weighted by Gasteiger charge is 2.33. The summed E-state index contributed by atoms with van der Waals surface area (Å²) in [5.41, 5.74) is 7.07. The largest absolute Gasteiger partial charge is 0.379 e. The van der Waals surface area contributed by atoms with Crippen LogP contribution >= 0.6 is 0 Å². The fourth-order valence-corrected chi connectivity index (χ4v) is 6.28. The number of benzene rings is 2. The van der Waals surface area contributed by atoms with Crippen molar-refractivity contribution in [3.05, 3.63) is 76.6 Å². The topological polar surface area (TPSA) is 71.9 Å². The summed E-state index contributed by atoms with van der Waals surface area (Å²) in [5, 5.41) is 0. The van der Waals surface area contributed by atoms with Crippen molar-refractivity contribution in [2.75, 3.05) is 38.3 Å². The molecule has 0 radical (unpaired) electrons. The van der Waals surface area contributed by atoms with Gasteiger partial charge in [0.1, 0.15) is 0 Å². The van der Waals surface area contributed by atoms with E-state index in [4.69, 9.17) is 4.74 Å². The van der Waals surface area contributed by atoms with Gasteiger partial charge in [0, 0.05) is 48.3 Å². The molecule has 182 valence electrons. The smallest absolute Gasteiger partial charge is 0.258 e. The van der Waals surface area contributed by atoms with E-state index in [2.05, 4.69) is 41.8 Å². The minimum Gasteiger partial charge on any atom is -0.379 e. The van der Waals surface area contributed by atoms with Gasteiger partial charge in [0.2, 0.25) is 10.0 Å². The minimum atomic E-state index is -3.67. The molecule has 0 atom stereocenters. The fourth-order valence-electron chi connectivity index (χ4n) is 4.85. The molecule has 0 N–H and O–H groups in total. The molecule has 7 nitrogen and oxygen atoms in total. The third-order valence-corrected chi connectivity index (χ3v) is 8.72. The van der Waals surface area contributed by atoms with Gasteiger partial charge in [-0.25, -0.2) is 8.42 Å². The third-order valence-electron chi connectivity index (χ3n) is 6.82. The number of hydrogen-bond donors (Lipinski definition) is 0. The summed E-state index contributed by atoms with van der Waals surface area (Å²) < 4.78 is 35.4. The second-order valence-corrected chi connectivity index (χ2v) is 11.1. The number of hydrogen-bond acceptors (Lipinski definition) is 4. The maximum Gasteiger partial charge on any atom is 0.258 e. The van der Waals surface area contributed by atoms with Crippen molar-refractivity contribution in [2.45, 2.75) is 25.7 Å². The Balaban J connectivity index is 1.58. The van der Waals surface area contributed by atoms with E-state index in [1.54, 1.807) is 30.1 Å². The van der Waals surface area contributed by atoms with E-state index in [9.17, 15) is 13.2 Å². The number of aryl methyl sites for hydroxylation is 2. The molecular weight excluding hydrogens is 462 g/mol. The second kappa shape index (κ2) is 8.78. The average molecular weight is 492 g/mol. The molecule has 3 heterocycles. The molecular formula is C27H29N3O4S. The number of aromatic nitrogens is 1. The number of amides is 1. The van der Waals surface area contributed by atoms with Gasteiger partial charge in [-0.1, -0.05) is 17.7 Å². The van der Waals surface area contributed by atoms with Crippen molar-refractivity contribution >= 4 is 33.3 Å². The molecule has 35 heavy (non-hydrogen) atoms. The third kappa shape index (κ3) is 4.01. The maximum atomic E-state index is 13.2. The zero-order chi connectivity index (χ0) is 24.9. The summed E-state index contributed by atoms with van der Waals surface area (Å²) in [5.74, 6) is -0.152. The lowest BCUT2D eigenvalue weighted by Gasteiger charge is -2.26. The first kappa shape index (κ1) is 23.5. The Labute approximate surface area is 206 Å². The molecule has 1 fully saturated rings. The average Bonchev–Trinajstić information content (AvgIpc) is 3.27. The lowest BCUT2D eigenvalue weighted by molar-refractivity contribution is -0.112. The van der Waals surface area contributed by atoms with Crippen molar-refractivity contribution in [3.8, 4) is 5.69 Å². The van der Waals surface area contributed by atoms with Crippen LogP contribution in [0, 0.1) is 20.8 Å². The van der Waals surface area contributed by atoms with Crippen molar-refractivity contribution in [2.24, 2.45) is 0 Å². The zero-order valence-electron chi connectivity index (χ0n) is 20.4. The molecule has 1 aromatic heterocycles. The molecule has 1 saturated heterocycles. The van der Waals surface area contributed by atoms with E-state index in [0.29, 0.717) is 43.1 Å². The first-order chi connectivity index (χ1) is 16.7. The maximum absolute atomic E-state index is 13.2. The van der Waals surface area contributed by atoms with Crippen LogP contribution in [0.1, 0.15) is 28.1 Å². The Bertz CT molecular complexity index is 1450. The summed E-state index contributed by atoms with van der Waals surface area (Å²) in [4.78, 5) is 15.0. The number of ether oxygens (including phenoxy) is 1. The molecule has 5 rings (SSSR count). The van der Waals surface area contributed by atoms with E-state index >= 15 is 0 Å². The summed E-state index contributed by atoms with van der Waals surface area (Å²) in [7, 11) is -1.96. The van der Waals surface area contributed by atoms with Gasteiger partial charge in [-0.15, -0.1) is 0 Å². The number of carbonyl (C=O) groups excluding carboxylic acids is 1. The van der Waals surface area contributed by atoms with Crippen molar-refractivity contribution in [1.29, 1.82) is 0 Å². The van der Waals surface area contributed by atoms with Gasteiger partial charge in [-0.05, 0) is 68.8 Å². The Morgan fingerprint density at radius 1 is 0.943 bits per heavy atom. The fraction of sp³-hybridized carbons (Fsp3) is 0.296. The van der Waals surface area contributed by atoms with Gasteiger partial charge in [0.05, 0.1) is 23.8 Å². The second-order valence-electron chi connectivity index (χ2n) is 9.12. The molecule has 0 saturated carbocycles. The van der Waals surface area contributed by atoms with Gasteiger partial charge < -0.3 is 14.2 Å². The van der Waals surface area contributed by atoms with Crippen LogP contribution in [0.2, 0.25) is 0 Å². The van der Waals surface area contributed by atoms with Crippen LogP contribution in [-0.2, 0) is 19.6 Å². The SMILES string of the molecule is Cc1ccc(-n2c(C)cc(/C=C3\C(=O)N(C)c4ccc(S(=O)(=O)N5CCOCC5)cc43)c2C)cc1. The number of likely N-dealkylation sites (N-methyl/N-ethyl adjacent to an activating group) is 1. The first-order valence-corrected chi connectivity index (χ1v) is 13.1. The summed E-state index contributed by atoms with van der Waals surface area (Å²) in [6.07, 6.45) is 1.88. The molecule has 8 heteroatoms. The van der Waals surface area contributed by atoms with Crippen LogP contribution in [0.15, 0.2) is 53.4 Å². The molecule has 1 amide bonds. The summed E-state index contributed by atoms with van der Waals surface area (Å²) >= 11 is 0. The van der Waals surface area contributed by atoms with Crippen LogP contribution < -0.4 is 4.90 Å². The van der Waals surface area contributed by atoms with Crippen LogP contribution in [0.5, 0.6) is 0 Å². The van der Waals surface area contributed by atoms with E-state index < -0.39 is 10.0 Å². The minimum absolute atomic E-state index is 0.152. The number of fused-ring (bicyclic) bond motifs is 1. The quantitative estimate of drug-likeness (QED) is 0.519. The predicted molar refractivity (Wildman–Crippen MR) is 137 cm³/mol. The molecule has 0 unspecified atom stereocenters. The Morgan fingerprint density at radius 2 is 1.63 bits per heavy atom. The Morgan fingerprint density at radius 3 is 2.31 bits per heavy atom. The highest BCUT2D eigenvalue weighted by atomic mass is 32.2. The number of morpholine rings is 1. The Kier molecular flexibility index (Phi) is 5.91. The van der Waals surface area contributed by atoms with E-state index in [0.717, 1.165) is 22.6 Å². The van der Waals surface area contributed by atoms with Crippen molar-refractivity contribution in [1.82, 2.24) is 8.87 Å². The molecule has 3 aromatic rings. The van der Waals surface area contributed by atoms with Crippen molar-refractivity contribution in [3.63, 3.8) is 0 Å². The number of nitrogens with zero attached hydrogens (tertiary/aromatic N) is 3. The normalized spacial score (nSPS) is 17.9. The summed E-state index contributed by atoms with van der Waals surface area (Å²) in [6, 6.07) is 15.3. The lowest BCUT2D eigenvalue weighted by Crippen LogP contribution is -2.40. The highest BCUT2D eigenvalue weighted by Crippen LogP contribution is 2.39. The molecule has 2 aliphatic rings. The van der Waals surface area contributed by atoms with Gasteiger partial charge in [0.25, 0.3) is 5.91 Å². The molecule has 0 aliphatic carbocycles. The molecule has 2 aliphatic heterocycles. The number of sulfonamides is 1. The number of rotatable bonds is 4. The molecule has 0 bridgehead atoms. The van der Waals surface area contributed by atoms with Crippen LogP contribution in [-0.4, -0.2) is 56.5 Å². The van der Waals surface area contributed by atoms with Gasteiger partial charge in [0.15, 0.2) is 0 Å². The number of anilines is 1. The van der Waals surface area contributed by atoms with E-state index in [-0.39, 0.29) is 10.8 Å². The Hall–Kier alpha value is -3.20. The summed E-state index contributed by atoms with van der Waals surface area (Å²) in [6.45, 7) is 7.54. The van der Waals surface area contributed by atoms with Gasteiger partial charge >= 0.3 is 0 Å². The highest BCUT2D eigenvalue weighted by molar-refractivity contribution is 7.89. The predicted octanol–water partition coefficient (Wildman–Crippen LogP) is 3.94. The standard InChI is InChI=1S/C27H29N3O4S/c1-18-5-7-22(8-6-18)30-19(2)15-21(20(30)3)16-25-24-17-23(9-10-26(24)28(4)27(25)31)35(32,33)29-11-13-34-14-12-29/h5-10,15-17H,11-14H2,1-4H3/b25-16-. The van der Waals surface area contributed by atoms with Gasteiger partial charge in [-0.2, -0.15) is 4.31 Å². The monoisotopic (exact) mass is 491 g/mol. The van der Waals surface area contributed by atoms with Gasteiger partial charge in [-0.3, -0.25) is 4.79 Å². The van der Waals surface area contributed by atoms with E-state index in [1.807, 2.05) is 19.9 Å². The lowest BCUT2D eigenvalue weighted by atomic mass is 10.0. The van der Waals surface area contributed by atoms with Crippen LogP contribution in [0.3, 0.4) is 0 Å².